The van der Waals surface area contributed by atoms with Crippen molar-refractivity contribution in [3.8, 4) is 5.75 Å². The molecule has 1 saturated heterocycles. The van der Waals surface area contributed by atoms with Crippen molar-refractivity contribution in [3.05, 3.63) is 71.3 Å². The lowest BCUT2D eigenvalue weighted by atomic mass is 9.73. The van der Waals surface area contributed by atoms with Crippen LogP contribution >= 0.6 is 0 Å². The Kier molecular flexibility index (Phi) is 6.59. The first kappa shape index (κ1) is 24.4. The predicted octanol–water partition coefficient (Wildman–Crippen LogP) is 3.16. The molecule has 1 aliphatic heterocycles. The molecule has 5 rings (SSSR count). The molecular formula is C26H32N2O5S. The highest BCUT2D eigenvalue weighted by molar-refractivity contribution is 7.89. The van der Waals surface area contributed by atoms with Crippen molar-refractivity contribution in [1.29, 1.82) is 0 Å². The standard InChI is InChI=1S/C19H23NO3.C7H9NO2S/c1-12-9-14-5-8-17-19(14,22)16(10-12)18(21)20(17)11-13-3-6-15(23-2)7-4-13;1-6-2-4-7(5-3-6)11(8,9)10/h3-4,6-7,10,12,14,17,22H,5,8-9,11H2,1-2H3;2-5H,1H3,(H2,8,9,10)/t12?,14?,17-,19+;/m1./s1. The summed E-state index contributed by atoms with van der Waals surface area (Å²) in [6.07, 6.45) is 4.90. The highest BCUT2D eigenvalue weighted by Gasteiger charge is 2.62. The summed E-state index contributed by atoms with van der Waals surface area (Å²) in [6, 6.07) is 14.1. The largest absolute Gasteiger partial charge is 0.497 e. The van der Waals surface area contributed by atoms with Gasteiger partial charge in [0.2, 0.25) is 10.0 Å². The van der Waals surface area contributed by atoms with E-state index in [9.17, 15) is 18.3 Å². The average Bonchev–Trinajstić information content (AvgIpc) is 3.23. The Morgan fingerprint density at radius 1 is 1.12 bits per heavy atom. The number of hydrogen-bond donors (Lipinski definition) is 2. The quantitative estimate of drug-likeness (QED) is 0.693. The van der Waals surface area contributed by atoms with Crippen LogP contribution in [0, 0.1) is 18.8 Å². The van der Waals surface area contributed by atoms with Crippen LogP contribution in [0.1, 0.15) is 37.3 Å². The number of carbonyl (C=O) groups excluding carboxylic acids is 1. The van der Waals surface area contributed by atoms with E-state index >= 15 is 0 Å². The zero-order chi connectivity index (χ0) is 24.7. The van der Waals surface area contributed by atoms with Crippen LogP contribution in [0.5, 0.6) is 5.75 Å². The van der Waals surface area contributed by atoms with Gasteiger partial charge in [-0.2, -0.15) is 0 Å². The molecule has 2 fully saturated rings. The third kappa shape index (κ3) is 4.50. The van der Waals surface area contributed by atoms with Crippen LogP contribution in [0.3, 0.4) is 0 Å². The predicted molar refractivity (Wildman–Crippen MR) is 129 cm³/mol. The van der Waals surface area contributed by atoms with E-state index < -0.39 is 15.6 Å². The van der Waals surface area contributed by atoms with E-state index in [4.69, 9.17) is 9.88 Å². The molecule has 2 aromatic rings. The van der Waals surface area contributed by atoms with Crippen molar-refractivity contribution in [2.45, 2.75) is 56.2 Å². The van der Waals surface area contributed by atoms with Gasteiger partial charge in [0.25, 0.3) is 5.91 Å². The fourth-order valence-electron chi connectivity index (χ4n) is 5.47. The number of hydrogen-bond acceptors (Lipinski definition) is 5. The second-order valence-corrected chi connectivity index (χ2v) is 11.1. The lowest BCUT2D eigenvalue weighted by Gasteiger charge is -2.36. The Morgan fingerprint density at radius 2 is 1.76 bits per heavy atom. The van der Waals surface area contributed by atoms with Gasteiger partial charge in [-0.15, -0.1) is 0 Å². The van der Waals surface area contributed by atoms with Gasteiger partial charge in [0, 0.05) is 12.1 Å². The topological polar surface area (TPSA) is 110 Å². The number of sulfonamides is 1. The first-order valence-electron chi connectivity index (χ1n) is 11.5. The third-order valence-corrected chi connectivity index (χ3v) is 8.12. The van der Waals surface area contributed by atoms with Crippen molar-refractivity contribution < 1.29 is 23.1 Å². The monoisotopic (exact) mass is 484 g/mol. The summed E-state index contributed by atoms with van der Waals surface area (Å²) >= 11 is 0. The summed E-state index contributed by atoms with van der Waals surface area (Å²) in [4.78, 5) is 14.9. The van der Waals surface area contributed by atoms with Crippen molar-refractivity contribution >= 4 is 15.9 Å². The number of methoxy groups -OCH3 is 1. The summed E-state index contributed by atoms with van der Waals surface area (Å²) in [5, 5.41) is 16.2. The molecule has 4 atom stereocenters. The molecule has 0 aromatic heterocycles. The maximum absolute atomic E-state index is 12.9. The van der Waals surface area contributed by atoms with Gasteiger partial charge in [-0.05, 0) is 67.9 Å². The maximum atomic E-state index is 12.9. The molecular weight excluding hydrogens is 452 g/mol. The minimum atomic E-state index is -3.52. The number of nitrogens with two attached hydrogens (primary N) is 1. The Hall–Kier alpha value is -2.68. The van der Waals surface area contributed by atoms with Gasteiger partial charge in [0.15, 0.2) is 0 Å². The number of rotatable bonds is 4. The van der Waals surface area contributed by atoms with Crippen LogP contribution in [0.25, 0.3) is 0 Å². The van der Waals surface area contributed by atoms with E-state index in [-0.39, 0.29) is 22.8 Å². The van der Waals surface area contributed by atoms with Crippen LogP contribution < -0.4 is 9.88 Å². The number of aliphatic hydroxyl groups is 1. The Balaban J connectivity index is 0.000000210. The zero-order valence-electron chi connectivity index (χ0n) is 19.8. The van der Waals surface area contributed by atoms with Gasteiger partial charge in [-0.3, -0.25) is 4.79 Å². The third-order valence-electron chi connectivity index (χ3n) is 7.19. The fourth-order valence-corrected chi connectivity index (χ4v) is 5.99. The van der Waals surface area contributed by atoms with Gasteiger partial charge in [0.1, 0.15) is 11.4 Å². The zero-order valence-corrected chi connectivity index (χ0v) is 20.6. The highest BCUT2D eigenvalue weighted by Crippen LogP contribution is 2.54. The molecule has 0 bridgehead atoms. The SMILES string of the molecule is COc1ccc(CN2C(=O)C3=CC(C)CC4CC[C@@H]2[C@@]34O)cc1.Cc1ccc(S(N)(=O)=O)cc1. The second-order valence-electron chi connectivity index (χ2n) is 9.55. The number of primary sulfonamides is 1. The van der Waals surface area contributed by atoms with Crippen molar-refractivity contribution in [3.63, 3.8) is 0 Å². The summed E-state index contributed by atoms with van der Waals surface area (Å²) in [5.74, 6) is 1.43. The molecule has 0 spiro atoms. The number of ether oxygens (including phenoxy) is 1. The number of nitrogens with zero attached hydrogens (tertiary/aromatic N) is 1. The van der Waals surface area contributed by atoms with E-state index in [2.05, 4.69) is 6.92 Å². The molecule has 182 valence electrons. The summed E-state index contributed by atoms with van der Waals surface area (Å²) in [5.41, 5.74) is 1.81. The Bertz CT molecular complexity index is 1190. The number of aryl methyl sites for hydroxylation is 1. The molecule has 0 radical (unpaired) electrons. The number of likely N-dealkylation sites (tertiary alicyclic amines) is 1. The minimum absolute atomic E-state index is 0.0181. The van der Waals surface area contributed by atoms with E-state index in [0.717, 1.165) is 36.1 Å². The van der Waals surface area contributed by atoms with Gasteiger partial charge in [-0.25, -0.2) is 13.6 Å². The molecule has 1 heterocycles. The normalized spacial score (nSPS) is 27.6. The molecule has 3 N–H and O–H groups in total. The Labute approximate surface area is 201 Å². The van der Waals surface area contributed by atoms with Crippen LogP contribution in [-0.4, -0.2) is 43.1 Å². The molecule has 34 heavy (non-hydrogen) atoms. The van der Waals surface area contributed by atoms with Crippen molar-refractivity contribution in [2.24, 2.45) is 17.0 Å². The molecule has 8 heteroatoms. The number of carbonyl (C=O) groups is 1. The van der Waals surface area contributed by atoms with Crippen LogP contribution in [0.15, 0.2) is 65.1 Å². The van der Waals surface area contributed by atoms with E-state index in [1.54, 1.807) is 19.2 Å². The lowest BCUT2D eigenvalue weighted by molar-refractivity contribution is -0.127. The van der Waals surface area contributed by atoms with Crippen LogP contribution in [0.2, 0.25) is 0 Å². The van der Waals surface area contributed by atoms with Gasteiger partial charge in [-0.1, -0.05) is 42.8 Å². The number of amides is 1. The van der Waals surface area contributed by atoms with E-state index in [0.29, 0.717) is 18.0 Å². The van der Waals surface area contributed by atoms with Gasteiger partial charge in [0.05, 0.1) is 18.0 Å². The lowest BCUT2D eigenvalue weighted by Crippen LogP contribution is -2.46. The molecule has 7 nitrogen and oxygen atoms in total. The fraction of sp³-hybridized carbons (Fsp3) is 0.423. The Morgan fingerprint density at radius 3 is 2.35 bits per heavy atom. The average molecular weight is 485 g/mol. The molecule has 1 amide bonds. The maximum Gasteiger partial charge on any atom is 0.253 e. The smallest absolute Gasteiger partial charge is 0.253 e. The van der Waals surface area contributed by atoms with Gasteiger partial charge < -0.3 is 14.7 Å². The number of allylic oxidation sites excluding steroid dienone is 1. The highest BCUT2D eigenvalue weighted by atomic mass is 32.2. The summed E-state index contributed by atoms with van der Waals surface area (Å²) in [6.45, 7) is 4.57. The molecule has 1 saturated carbocycles. The molecule has 2 aliphatic carbocycles. The number of benzene rings is 2. The first-order valence-corrected chi connectivity index (χ1v) is 13.1. The van der Waals surface area contributed by atoms with E-state index in [1.807, 2.05) is 42.2 Å². The molecule has 2 unspecified atom stereocenters. The molecule has 2 aromatic carbocycles. The first-order chi connectivity index (χ1) is 16.0. The van der Waals surface area contributed by atoms with Crippen molar-refractivity contribution in [2.75, 3.05) is 7.11 Å². The summed E-state index contributed by atoms with van der Waals surface area (Å²) < 4.78 is 26.6. The van der Waals surface area contributed by atoms with Crippen LogP contribution in [0.4, 0.5) is 0 Å². The minimum Gasteiger partial charge on any atom is -0.497 e. The van der Waals surface area contributed by atoms with E-state index in [1.165, 1.54) is 12.1 Å². The van der Waals surface area contributed by atoms with Gasteiger partial charge >= 0.3 is 0 Å². The second kappa shape index (κ2) is 9.17. The molecule has 3 aliphatic rings. The van der Waals surface area contributed by atoms with Crippen LogP contribution in [-0.2, 0) is 21.4 Å². The van der Waals surface area contributed by atoms with Crippen molar-refractivity contribution in [1.82, 2.24) is 4.90 Å². The summed E-state index contributed by atoms with van der Waals surface area (Å²) in [7, 11) is -1.88.